The predicted molar refractivity (Wildman–Crippen MR) is 127 cm³/mol. The third kappa shape index (κ3) is 6.86. The molecule has 2 aromatic carbocycles. The summed E-state index contributed by atoms with van der Waals surface area (Å²) in [7, 11) is 0. The molecule has 1 aliphatic rings. The summed E-state index contributed by atoms with van der Waals surface area (Å²) in [5.74, 6) is -1.02. The molecule has 0 N–H and O–H groups in total. The van der Waals surface area contributed by atoms with Gasteiger partial charge in [-0.3, -0.25) is 0 Å². The zero-order valence-corrected chi connectivity index (χ0v) is 19.7. The van der Waals surface area contributed by atoms with Crippen LogP contribution in [0.1, 0.15) is 89.1 Å². The molecule has 0 saturated carbocycles. The van der Waals surface area contributed by atoms with E-state index in [-0.39, 0.29) is 6.29 Å². The Bertz CT molecular complexity index is 811. The van der Waals surface area contributed by atoms with E-state index in [1.807, 2.05) is 24.3 Å². The van der Waals surface area contributed by atoms with Crippen molar-refractivity contribution in [3.8, 4) is 11.1 Å². The smallest absolute Gasteiger partial charge is 0.183 e. The molecule has 4 heteroatoms. The summed E-state index contributed by atoms with van der Waals surface area (Å²) in [6.45, 7) is 5.78. The van der Waals surface area contributed by atoms with Crippen molar-refractivity contribution >= 4 is 0 Å². The number of benzene rings is 2. The number of hydrogen-bond donors (Lipinski definition) is 0. The van der Waals surface area contributed by atoms with Crippen LogP contribution < -0.4 is 0 Å². The lowest BCUT2D eigenvalue weighted by molar-refractivity contribution is -0.206. The zero-order valence-electron chi connectivity index (χ0n) is 19.7. The van der Waals surface area contributed by atoms with Gasteiger partial charge in [0, 0.05) is 17.0 Å². The van der Waals surface area contributed by atoms with E-state index in [1.165, 1.54) is 32.1 Å². The molecular weight excluding hydrogens is 406 g/mol. The molecule has 0 bridgehead atoms. The van der Waals surface area contributed by atoms with Crippen LogP contribution in [-0.2, 0) is 15.9 Å². The lowest BCUT2D eigenvalue weighted by atomic mass is 9.98. The highest BCUT2D eigenvalue weighted by molar-refractivity contribution is 5.65. The number of hydrogen-bond acceptors (Lipinski definition) is 2. The first kappa shape index (κ1) is 24.9. The van der Waals surface area contributed by atoms with Gasteiger partial charge in [-0.15, -0.1) is 0 Å². The largest absolute Gasteiger partial charge is 0.348 e. The molecule has 1 aliphatic heterocycles. The van der Waals surface area contributed by atoms with E-state index in [2.05, 4.69) is 13.8 Å². The first-order valence-electron chi connectivity index (χ1n) is 12.4. The van der Waals surface area contributed by atoms with Gasteiger partial charge in [0.05, 0.1) is 13.2 Å². The second-order valence-corrected chi connectivity index (χ2v) is 9.05. The molecule has 0 aromatic heterocycles. The van der Waals surface area contributed by atoms with E-state index in [1.54, 1.807) is 12.1 Å². The van der Waals surface area contributed by atoms with Crippen LogP contribution in [0.15, 0.2) is 36.4 Å². The molecule has 0 spiro atoms. The van der Waals surface area contributed by atoms with Gasteiger partial charge >= 0.3 is 0 Å². The minimum atomic E-state index is -0.760. The quantitative estimate of drug-likeness (QED) is 0.306. The van der Waals surface area contributed by atoms with Gasteiger partial charge in [-0.2, -0.15) is 0 Å². The number of unbranched alkanes of at least 4 members (excludes halogenated alkanes) is 6. The molecule has 1 fully saturated rings. The highest BCUT2D eigenvalue weighted by Gasteiger charge is 2.23. The molecule has 0 radical (unpaired) electrons. The van der Waals surface area contributed by atoms with Crippen LogP contribution in [0.3, 0.4) is 0 Å². The minimum Gasteiger partial charge on any atom is -0.348 e. The van der Waals surface area contributed by atoms with Crippen LogP contribution in [0.5, 0.6) is 0 Å². The van der Waals surface area contributed by atoms with Crippen LogP contribution in [0.25, 0.3) is 11.1 Å². The number of rotatable bonds is 12. The Labute approximate surface area is 192 Å². The van der Waals surface area contributed by atoms with Gasteiger partial charge in [-0.25, -0.2) is 8.78 Å². The average molecular weight is 445 g/mol. The Balaban J connectivity index is 1.57. The van der Waals surface area contributed by atoms with Gasteiger partial charge in [0.2, 0.25) is 0 Å². The fourth-order valence-corrected chi connectivity index (χ4v) is 4.33. The molecule has 2 nitrogen and oxygen atoms in total. The van der Waals surface area contributed by atoms with Gasteiger partial charge in [-0.05, 0) is 30.4 Å². The minimum absolute atomic E-state index is 0.297. The van der Waals surface area contributed by atoms with Crippen LogP contribution in [0, 0.1) is 17.6 Å². The number of ether oxygens (including phenoxy) is 2. The Morgan fingerprint density at radius 1 is 0.750 bits per heavy atom. The van der Waals surface area contributed by atoms with Crippen molar-refractivity contribution in [1.82, 2.24) is 0 Å². The van der Waals surface area contributed by atoms with E-state index >= 15 is 0 Å². The van der Waals surface area contributed by atoms with Crippen molar-refractivity contribution in [3.05, 3.63) is 59.2 Å². The van der Waals surface area contributed by atoms with Crippen molar-refractivity contribution in [2.24, 2.45) is 5.92 Å². The summed E-state index contributed by atoms with van der Waals surface area (Å²) in [6.07, 6.45) is 10.5. The molecule has 32 heavy (non-hydrogen) atoms. The number of halogens is 2. The van der Waals surface area contributed by atoms with Crippen molar-refractivity contribution < 1.29 is 18.3 Å². The van der Waals surface area contributed by atoms with Crippen LogP contribution in [0.2, 0.25) is 0 Å². The Morgan fingerprint density at radius 2 is 1.41 bits per heavy atom. The van der Waals surface area contributed by atoms with E-state index in [0.717, 1.165) is 31.2 Å². The summed E-state index contributed by atoms with van der Waals surface area (Å²) in [5, 5.41) is 0. The molecule has 2 aromatic rings. The molecule has 1 saturated heterocycles. The molecule has 0 atom stereocenters. The first-order valence-corrected chi connectivity index (χ1v) is 12.4. The third-order valence-electron chi connectivity index (χ3n) is 6.39. The fourth-order valence-electron chi connectivity index (χ4n) is 4.33. The standard InChI is InChI=1S/C28H38F2O2/c1-3-5-7-8-10-12-23-17-18-25(27(30)26(23)29)22-13-15-24(16-14-22)28-31-19-21(20-32-28)11-9-6-4-2/h13-18,21,28H,3-12,19-20H2,1-2H3. The Hall–Kier alpha value is -1.78. The van der Waals surface area contributed by atoms with E-state index in [4.69, 9.17) is 9.47 Å². The highest BCUT2D eigenvalue weighted by Crippen LogP contribution is 2.31. The maximum atomic E-state index is 14.8. The normalized spacial score (nSPS) is 18.8. The average Bonchev–Trinajstić information content (AvgIpc) is 2.82. The molecule has 0 amide bonds. The Kier molecular flexibility index (Phi) is 10.1. The maximum Gasteiger partial charge on any atom is 0.183 e. The monoisotopic (exact) mass is 444 g/mol. The summed E-state index contributed by atoms with van der Waals surface area (Å²) in [4.78, 5) is 0. The summed E-state index contributed by atoms with van der Waals surface area (Å²) < 4.78 is 41.2. The zero-order chi connectivity index (χ0) is 22.8. The van der Waals surface area contributed by atoms with Gasteiger partial charge in [0.1, 0.15) is 0 Å². The van der Waals surface area contributed by atoms with E-state index in [9.17, 15) is 8.78 Å². The molecule has 1 heterocycles. The van der Waals surface area contributed by atoms with Gasteiger partial charge < -0.3 is 9.47 Å². The highest BCUT2D eigenvalue weighted by atomic mass is 19.2. The van der Waals surface area contributed by atoms with Gasteiger partial charge in [0.15, 0.2) is 17.9 Å². The van der Waals surface area contributed by atoms with Gasteiger partial charge in [-0.1, -0.05) is 95.2 Å². The van der Waals surface area contributed by atoms with Crippen LogP contribution in [0.4, 0.5) is 8.78 Å². The molecule has 176 valence electrons. The van der Waals surface area contributed by atoms with Crippen molar-refractivity contribution in [3.63, 3.8) is 0 Å². The Morgan fingerprint density at radius 3 is 2.09 bits per heavy atom. The van der Waals surface area contributed by atoms with Crippen molar-refractivity contribution in [1.29, 1.82) is 0 Å². The summed E-state index contributed by atoms with van der Waals surface area (Å²) in [5.41, 5.74) is 2.33. The fraction of sp³-hybridized carbons (Fsp3) is 0.571. The second kappa shape index (κ2) is 13.1. The topological polar surface area (TPSA) is 18.5 Å². The summed E-state index contributed by atoms with van der Waals surface area (Å²) >= 11 is 0. The van der Waals surface area contributed by atoms with E-state index < -0.39 is 11.6 Å². The lowest BCUT2D eigenvalue weighted by Crippen LogP contribution is -2.27. The lowest BCUT2D eigenvalue weighted by Gasteiger charge is -2.29. The first-order chi connectivity index (χ1) is 15.6. The molecule has 0 unspecified atom stereocenters. The molecular formula is C28H38F2O2. The van der Waals surface area contributed by atoms with Gasteiger partial charge in [0.25, 0.3) is 0 Å². The second-order valence-electron chi connectivity index (χ2n) is 9.05. The van der Waals surface area contributed by atoms with Crippen molar-refractivity contribution in [2.45, 2.75) is 84.3 Å². The third-order valence-corrected chi connectivity index (χ3v) is 6.39. The number of aryl methyl sites for hydroxylation is 1. The van der Waals surface area contributed by atoms with E-state index in [0.29, 0.717) is 42.2 Å². The molecule has 3 rings (SSSR count). The predicted octanol–water partition coefficient (Wildman–Crippen LogP) is 8.39. The SMILES string of the molecule is CCCCCCCc1ccc(-c2ccc(C3OCC(CCCCC)CO3)cc2)c(F)c1F. The van der Waals surface area contributed by atoms with Crippen LogP contribution in [-0.4, -0.2) is 13.2 Å². The summed E-state index contributed by atoms with van der Waals surface area (Å²) in [6, 6.07) is 10.8. The molecule has 0 aliphatic carbocycles. The van der Waals surface area contributed by atoms with Crippen LogP contribution >= 0.6 is 0 Å². The maximum absolute atomic E-state index is 14.8. The van der Waals surface area contributed by atoms with Crippen molar-refractivity contribution in [2.75, 3.05) is 13.2 Å².